The molecule has 1 aliphatic heterocycles. The van der Waals surface area contributed by atoms with Gasteiger partial charge < -0.3 is 20.7 Å². The molecule has 3 amide bonds. The predicted molar refractivity (Wildman–Crippen MR) is 82.9 cm³/mol. The highest BCUT2D eigenvalue weighted by Crippen LogP contribution is 2.30. The molecule has 22 heavy (non-hydrogen) atoms. The van der Waals surface area contributed by atoms with E-state index >= 15 is 0 Å². The van der Waals surface area contributed by atoms with Gasteiger partial charge in [-0.2, -0.15) is 0 Å². The van der Waals surface area contributed by atoms with Gasteiger partial charge in [0.05, 0.1) is 5.69 Å². The van der Waals surface area contributed by atoms with Gasteiger partial charge in [-0.25, -0.2) is 4.79 Å². The van der Waals surface area contributed by atoms with Crippen LogP contribution in [-0.4, -0.2) is 18.5 Å². The van der Waals surface area contributed by atoms with Crippen molar-refractivity contribution in [1.29, 1.82) is 0 Å². The summed E-state index contributed by atoms with van der Waals surface area (Å²) in [6.45, 7) is 0.453. The number of nitrogens with one attached hydrogen (secondary N) is 3. The number of amides is 3. The summed E-state index contributed by atoms with van der Waals surface area (Å²) in [5.41, 5.74) is 2.15. The van der Waals surface area contributed by atoms with Gasteiger partial charge in [0.1, 0.15) is 5.75 Å². The number of carbonyl (C=O) groups is 2. The Labute approximate surface area is 127 Å². The Balaban J connectivity index is 1.60. The number of hydrogen-bond donors (Lipinski definition) is 3. The van der Waals surface area contributed by atoms with Gasteiger partial charge in [-0.05, 0) is 23.8 Å². The molecule has 3 N–H and O–H groups in total. The Hall–Kier alpha value is -3.02. The predicted octanol–water partition coefficient (Wildman–Crippen LogP) is 2.34. The first-order chi connectivity index (χ1) is 10.7. The highest BCUT2D eigenvalue weighted by atomic mass is 16.5. The maximum Gasteiger partial charge on any atom is 0.319 e. The third-order valence-electron chi connectivity index (χ3n) is 3.17. The molecule has 1 aliphatic rings. The molecule has 2 aromatic carbocycles. The lowest BCUT2D eigenvalue weighted by Crippen LogP contribution is -2.28. The number of fused-ring (bicyclic) bond motifs is 1. The summed E-state index contributed by atoms with van der Waals surface area (Å²) in [4.78, 5) is 23.2. The van der Waals surface area contributed by atoms with Gasteiger partial charge in [-0.3, -0.25) is 4.79 Å². The van der Waals surface area contributed by atoms with Crippen LogP contribution < -0.4 is 20.7 Å². The Morgan fingerprint density at radius 2 is 2.00 bits per heavy atom. The molecule has 0 aliphatic carbocycles. The third-order valence-corrected chi connectivity index (χ3v) is 3.17. The van der Waals surface area contributed by atoms with Crippen molar-refractivity contribution in [2.45, 2.75) is 6.54 Å². The van der Waals surface area contributed by atoms with Crippen LogP contribution in [0.1, 0.15) is 5.56 Å². The van der Waals surface area contributed by atoms with Crippen LogP contribution >= 0.6 is 0 Å². The monoisotopic (exact) mass is 297 g/mol. The van der Waals surface area contributed by atoms with Gasteiger partial charge in [0.25, 0.3) is 5.91 Å². The molecule has 112 valence electrons. The summed E-state index contributed by atoms with van der Waals surface area (Å²) in [7, 11) is 0. The zero-order valence-electron chi connectivity index (χ0n) is 11.8. The van der Waals surface area contributed by atoms with E-state index in [9.17, 15) is 9.59 Å². The van der Waals surface area contributed by atoms with Crippen LogP contribution in [0.25, 0.3) is 0 Å². The van der Waals surface area contributed by atoms with Crippen LogP contribution in [-0.2, 0) is 11.3 Å². The Morgan fingerprint density at radius 3 is 2.82 bits per heavy atom. The average Bonchev–Trinajstić information content (AvgIpc) is 2.53. The molecule has 0 saturated carbocycles. The molecule has 0 fully saturated rings. The van der Waals surface area contributed by atoms with Gasteiger partial charge in [0, 0.05) is 12.2 Å². The summed E-state index contributed by atoms with van der Waals surface area (Å²) in [6.07, 6.45) is 0. The Bertz CT molecular complexity index is 701. The number of benzene rings is 2. The van der Waals surface area contributed by atoms with Crippen LogP contribution in [0.4, 0.5) is 16.2 Å². The molecule has 1 heterocycles. The van der Waals surface area contributed by atoms with Crippen molar-refractivity contribution >= 4 is 23.3 Å². The minimum absolute atomic E-state index is 0.0112. The van der Waals surface area contributed by atoms with E-state index in [1.165, 1.54) is 0 Å². The van der Waals surface area contributed by atoms with Crippen molar-refractivity contribution in [3.05, 3.63) is 54.1 Å². The first-order valence-corrected chi connectivity index (χ1v) is 6.86. The summed E-state index contributed by atoms with van der Waals surface area (Å²) in [6, 6.07) is 14.4. The molecule has 0 unspecified atom stereocenters. The first kappa shape index (κ1) is 13.9. The molecule has 0 atom stereocenters. The van der Waals surface area contributed by atoms with E-state index in [-0.39, 0.29) is 18.5 Å². The second kappa shape index (κ2) is 6.17. The molecule has 2 aromatic rings. The molecule has 6 nitrogen and oxygen atoms in total. The number of rotatable bonds is 3. The lowest BCUT2D eigenvalue weighted by molar-refractivity contribution is -0.118. The van der Waals surface area contributed by atoms with Crippen LogP contribution in [0.3, 0.4) is 0 Å². The van der Waals surface area contributed by atoms with Crippen LogP contribution in [0.5, 0.6) is 5.75 Å². The Morgan fingerprint density at radius 1 is 1.18 bits per heavy atom. The third kappa shape index (κ3) is 3.35. The minimum Gasteiger partial charge on any atom is -0.482 e. The summed E-state index contributed by atoms with van der Waals surface area (Å²) >= 11 is 0. The molecular formula is C16H15N3O3. The summed E-state index contributed by atoms with van der Waals surface area (Å²) in [5, 5.41) is 8.18. The van der Waals surface area contributed by atoms with E-state index < -0.39 is 0 Å². The lowest BCUT2D eigenvalue weighted by atomic mass is 10.2. The van der Waals surface area contributed by atoms with Crippen LogP contribution in [0.2, 0.25) is 0 Å². The maximum atomic E-state index is 11.9. The second-order valence-electron chi connectivity index (χ2n) is 4.84. The molecule has 0 spiro atoms. The first-order valence-electron chi connectivity index (χ1n) is 6.86. The van der Waals surface area contributed by atoms with Crippen molar-refractivity contribution in [2.24, 2.45) is 0 Å². The normalized spacial score (nSPS) is 12.6. The number of anilines is 2. The van der Waals surface area contributed by atoms with Crippen molar-refractivity contribution in [3.8, 4) is 5.75 Å². The topological polar surface area (TPSA) is 79.5 Å². The number of ether oxygens (including phenoxy) is 1. The SMILES string of the molecule is O=C1COc2ccc(NC(=O)NCc3ccccc3)cc2N1. The van der Waals surface area contributed by atoms with Crippen molar-refractivity contribution < 1.29 is 14.3 Å². The van der Waals surface area contributed by atoms with E-state index in [0.717, 1.165) is 5.56 Å². The fourth-order valence-electron chi connectivity index (χ4n) is 2.11. The fraction of sp³-hybridized carbons (Fsp3) is 0.125. The molecule has 3 rings (SSSR count). The summed E-state index contributed by atoms with van der Waals surface area (Å²) in [5.74, 6) is 0.382. The number of hydrogen-bond acceptors (Lipinski definition) is 3. The van der Waals surface area contributed by atoms with Crippen LogP contribution in [0.15, 0.2) is 48.5 Å². The zero-order chi connectivity index (χ0) is 15.4. The Kier molecular flexibility index (Phi) is 3.91. The van der Waals surface area contributed by atoms with Gasteiger partial charge in [0.2, 0.25) is 0 Å². The average molecular weight is 297 g/mol. The largest absolute Gasteiger partial charge is 0.482 e. The zero-order valence-corrected chi connectivity index (χ0v) is 11.8. The van der Waals surface area contributed by atoms with Crippen molar-refractivity contribution in [3.63, 3.8) is 0 Å². The van der Waals surface area contributed by atoms with Crippen molar-refractivity contribution in [2.75, 3.05) is 17.2 Å². The second-order valence-corrected chi connectivity index (χ2v) is 4.84. The molecule has 0 saturated heterocycles. The van der Waals surface area contributed by atoms with E-state index in [1.807, 2.05) is 30.3 Å². The highest BCUT2D eigenvalue weighted by Gasteiger charge is 2.16. The molecule has 0 radical (unpaired) electrons. The molecule has 6 heteroatoms. The smallest absolute Gasteiger partial charge is 0.319 e. The maximum absolute atomic E-state index is 11.9. The standard InChI is InChI=1S/C16H15N3O3/c20-15-10-22-14-7-6-12(8-13(14)19-15)18-16(21)17-9-11-4-2-1-3-5-11/h1-8H,9-10H2,(H,19,20)(H2,17,18,21). The van der Waals surface area contributed by atoms with E-state index in [1.54, 1.807) is 18.2 Å². The number of carbonyl (C=O) groups excluding carboxylic acids is 2. The van der Waals surface area contributed by atoms with Gasteiger partial charge in [0.15, 0.2) is 6.61 Å². The van der Waals surface area contributed by atoms with E-state index in [0.29, 0.717) is 23.7 Å². The fourth-order valence-corrected chi connectivity index (χ4v) is 2.11. The molecular weight excluding hydrogens is 282 g/mol. The minimum atomic E-state index is -0.313. The van der Waals surface area contributed by atoms with Crippen LogP contribution in [0, 0.1) is 0 Å². The van der Waals surface area contributed by atoms with E-state index in [2.05, 4.69) is 16.0 Å². The van der Waals surface area contributed by atoms with E-state index in [4.69, 9.17) is 4.74 Å². The summed E-state index contributed by atoms with van der Waals surface area (Å²) < 4.78 is 5.26. The number of urea groups is 1. The molecule has 0 aromatic heterocycles. The van der Waals surface area contributed by atoms with Crippen molar-refractivity contribution in [1.82, 2.24) is 5.32 Å². The quantitative estimate of drug-likeness (QED) is 0.813. The van der Waals surface area contributed by atoms with Gasteiger partial charge >= 0.3 is 6.03 Å². The van der Waals surface area contributed by atoms with Gasteiger partial charge in [-0.15, -0.1) is 0 Å². The highest BCUT2D eigenvalue weighted by molar-refractivity contribution is 5.97. The van der Waals surface area contributed by atoms with Gasteiger partial charge in [-0.1, -0.05) is 30.3 Å². The lowest BCUT2D eigenvalue weighted by Gasteiger charge is -2.18. The molecule has 0 bridgehead atoms.